The summed E-state index contributed by atoms with van der Waals surface area (Å²) in [5.74, 6) is -0.207. The van der Waals surface area contributed by atoms with Gasteiger partial charge in [-0.15, -0.1) is 0 Å². The number of benzene rings is 1. The fraction of sp³-hybridized carbons (Fsp3) is 0.417. The number of aliphatic hydroxyl groups excluding tert-OH is 3. The summed E-state index contributed by atoms with van der Waals surface area (Å²) in [6.07, 6.45) is -1.95. The van der Waals surface area contributed by atoms with Gasteiger partial charge in [-0.3, -0.25) is 4.79 Å². The van der Waals surface area contributed by atoms with E-state index in [1.165, 1.54) is 7.05 Å². The first kappa shape index (κ1) is 13.6. The summed E-state index contributed by atoms with van der Waals surface area (Å²) < 4.78 is 0. The summed E-state index contributed by atoms with van der Waals surface area (Å²) >= 11 is 0. The lowest BCUT2D eigenvalue weighted by Gasteiger charge is -2.17. The van der Waals surface area contributed by atoms with E-state index in [1.807, 2.05) is 0 Å². The fourth-order valence-electron chi connectivity index (χ4n) is 1.49. The number of carbonyl (C=O) groups is 1. The Morgan fingerprint density at radius 1 is 1.29 bits per heavy atom. The van der Waals surface area contributed by atoms with E-state index in [-0.39, 0.29) is 18.9 Å². The third kappa shape index (κ3) is 3.52. The van der Waals surface area contributed by atoms with E-state index in [2.05, 4.69) is 5.32 Å². The maximum atomic E-state index is 11.3. The topological polar surface area (TPSA) is 89.8 Å². The Labute approximate surface area is 99.7 Å². The SMILES string of the molecule is CNC(=O)c1ccc(C(O)C(O)CCO)cc1. The predicted molar refractivity (Wildman–Crippen MR) is 62.5 cm³/mol. The summed E-state index contributed by atoms with van der Waals surface area (Å²) in [4.78, 5) is 11.3. The van der Waals surface area contributed by atoms with Crippen LogP contribution in [0.15, 0.2) is 24.3 Å². The maximum Gasteiger partial charge on any atom is 0.251 e. The van der Waals surface area contributed by atoms with E-state index in [0.717, 1.165) is 0 Å². The molecular weight excluding hydrogens is 222 g/mol. The van der Waals surface area contributed by atoms with Gasteiger partial charge >= 0.3 is 0 Å². The van der Waals surface area contributed by atoms with Crippen LogP contribution in [0.25, 0.3) is 0 Å². The highest BCUT2D eigenvalue weighted by atomic mass is 16.3. The number of amides is 1. The smallest absolute Gasteiger partial charge is 0.251 e. The molecular formula is C12H17NO4. The molecule has 0 aromatic heterocycles. The molecule has 0 radical (unpaired) electrons. The van der Waals surface area contributed by atoms with Crippen LogP contribution in [0.2, 0.25) is 0 Å². The minimum atomic E-state index is -1.05. The lowest BCUT2D eigenvalue weighted by molar-refractivity contribution is 0.00421. The standard InChI is InChI=1S/C12H17NO4/c1-13-12(17)9-4-2-8(3-5-9)11(16)10(15)6-7-14/h2-5,10-11,14-16H,6-7H2,1H3,(H,13,17). The van der Waals surface area contributed by atoms with Gasteiger partial charge in [-0.2, -0.15) is 0 Å². The van der Waals surface area contributed by atoms with E-state index in [1.54, 1.807) is 24.3 Å². The molecule has 5 nitrogen and oxygen atoms in total. The molecule has 1 aromatic rings. The molecule has 2 unspecified atom stereocenters. The van der Waals surface area contributed by atoms with E-state index < -0.39 is 12.2 Å². The minimum absolute atomic E-state index is 0.109. The number of rotatable bonds is 5. The quantitative estimate of drug-likeness (QED) is 0.574. The molecule has 0 spiro atoms. The van der Waals surface area contributed by atoms with Gasteiger partial charge in [0.1, 0.15) is 6.10 Å². The van der Waals surface area contributed by atoms with Crippen molar-refractivity contribution in [2.24, 2.45) is 0 Å². The van der Waals surface area contributed by atoms with E-state index in [4.69, 9.17) is 5.11 Å². The van der Waals surface area contributed by atoms with Crippen molar-refractivity contribution in [3.63, 3.8) is 0 Å². The van der Waals surface area contributed by atoms with Crippen LogP contribution in [-0.2, 0) is 0 Å². The Bertz CT molecular complexity index is 363. The van der Waals surface area contributed by atoms with Gasteiger partial charge in [0.15, 0.2) is 0 Å². The van der Waals surface area contributed by atoms with Gasteiger partial charge in [-0.05, 0) is 24.1 Å². The molecule has 94 valence electrons. The second kappa shape index (κ2) is 6.34. The van der Waals surface area contributed by atoms with Crippen LogP contribution in [-0.4, -0.2) is 41.0 Å². The van der Waals surface area contributed by atoms with Crippen LogP contribution in [0, 0.1) is 0 Å². The Morgan fingerprint density at radius 3 is 2.35 bits per heavy atom. The monoisotopic (exact) mass is 239 g/mol. The van der Waals surface area contributed by atoms with Gasteiger partial charge in [-0.25, -0.2) is 0 Å². The van der Waals surface area contributed by atoms with E-state index in [9.17, 15) is 15.0 Å². The maximum absolute atomic E-state index is 11.3. The molecule has 0 saturated carbocycles. The number of aliphatic hydroxyl groups is 3. The lowest BCUT2D eigenvalue weighted by atomic mass is 10.0. The highest BCUT2D eigenvalue weighted by Gasteiger charge is 2.17. The van der Waals surface area contributed by atoms with Crippen molar-refractivity contribution in [3.05, 3.63) is 35.4 Å². The van der Waals surface area contributed by atoms with Crippen LogP contribution in [0.1, 0.15) is 28.4 Å². The van der Waals surface area contributed by atoms with Gasteiger partial charge in [0.25, 0.3) is 5.91 Å². The Balaban J connectivity index is 2.76. The van der Waals surface area contributed by atoms with Crippen LogP contribution < -0.4 is 5.32 Å². The largest absolute Gasteiger partial charge is 0.396 e. The number of carbonyl (C=O) groups excluding carboxylic acids is 1. The average Bonchev–Trinajstić information content (AvgIpc) is 2.37. The predicted octanol–water partition coefficient (Wildman–Crippen LogP) is -0.177. The van der Waals surface area contributed by atoms with Gasteiger partial charge in [0.2, 0.25) is 0 Å². The second-order valence-electron chi connectivity index (χ2n) is 3.73. The molecule has 2 atom stereocenters. The molecule has 5 heteroatoms. The molecule has 0 aliphatic rings. The molecule has 0 fully saturated rings. The molecule has 1 rings (SSSR count). The van der Waals surface area contributed by atoms with Gasteiger partial charge in [0.05, 0.1) is 6.10 Å². The lowest BCUT2D eigenvalue weighted by Crippen LogP contribution is -2.20. The molecule has 0 aliphatic carbocycles. The number of hydrogen-bond donors (Lipinski definition) is 4. The first-order valence-corrected chi connectivity index (χ1v) is 5.39. The van der Waals surface area contributed by atoms with E-state index >= 15 is 0 Å². The Hall–Kier alpha value is -1.43. The third-order valence-corrected chi connectivity index (χ3v) is 2.53. The molecule has 1 aromatic carbocycles. The zero-order valence-electron chi connectivity index (χ0n) is 9.63. The van der Waals surface area contributed by atoms with Crippen molar-refractivity contribution in [1.82, 2.24) is 5.32 Å². The number of nitrogens with one attached hydrogen (secondary N) is 1. The molecule has 4 N–H and O–H groups in total. The van der Waals surface area contributed by atoms with Gasteiger partial charge in [-0.1, -0.05) is 12.1 Å². The van der Waals surface area contributed by atoms with Gasteiger partial charge in [0, 0.05) is 19.2 Å². The van der Waals surface area contributed by atoms with Crippen molar-refractivity contribution in [1.29, 1.82) is 0 Å². The Morgan fingerprint density at radius 2 is 1.88 bits per heavy atom. The molecule has 17 heavy (non-hydrogen) atoms. The first-order valence-electron chi connectivity index (χ1n) is 5.39. The summed E-state index contributed by atoms with van der Waals surface area (Å²) in [5, 5.41) is 30.4. The minimum Gasteiger partial charge on any atom is -0.396 e. The fourth-order valence-corrected chi connectivity index (χ4v) is 1.49. The Kier molecular flexibility index (Phi) is 5.09. The highest BCUT2D eigenvalue weighted by Crippen LogP contribution is 2.19. The normalized spacial score (nSPS) is 14.1. The molecule has 0 heterocycles. The summed E-state index contributed by atoms with van der Waals surface area (Å²) in [7, 11) is 1.54. The van der Waals surface area contributed by atoms with Crippen molar-refractivity contribution in [3.8, 4) is 0 Å². The molecule has 1 amide bonds. The van der Waals surface area contributed by atoms with E-state index in [0.29, 0.717) is 11.1 Å². The summed E-state index contributed by atoms with van der Waals surface area (Å²) in [6, 6.07) is 6.30. The second-order valence-corrected chi connectivity index (χ2v) is 3.73. The molecule has 0 bridgehead atoms. The third-order valence-electron chi connectivity index (χ3n) is 2.53. The average molecular weight is 239 g/mol. The van der Waals surface area contributed by atoms with Crippen LogP contribution in [0.3, 0.4) is 0 Å². The van der Waals surface area contributed by atoms with Crippen molar-refractivity contribution in [2.75, 3.05) is 13.7 Å². The zero-order chi connectivity index (χ0) is 12.8. The van der Waals surface area contributed by atoms with Crippen molar-refractivity contribution >= 4 is 5.91 Å². The van der Waals surface area contributed by atoms with Crippen molar-refractivity contribution in [2.45, 2.75) is 18.6 Å². The van der Waals surface area contributed by atoms with Crippen LogP contribution in [0.4, 0.5) is 0 Å². The zero-order valence-corrected chi connectivity index (χ0v) is 9.63. The first-order chi connectivity index (χ1) is 8.10. The summed E-state index contributed by atoms with van der Waals surface area (Å²) in [5.41, 5.74) is 0.999. The van der Waals surface area contributed by atoms with Crippen LogP contribution in [0.5, 0.6) is 0 Å². The van der Waals surface area contributed by atoms with Crippen molar-refractivity contribution < 1.29 is 20.1 Å². The molecule has 0 saturated heterocycles. The van der Waals surface area contributed by atoms with Gasteiger partial charge < -0.3 is 20.6 Å². The number of hydrogen-bond acceptors (Lipinski definition) is 4. The molecule has 0 aliphatic heterocycles. The summed E-state index contributed by atoms with van der Waals surface area (Å²) in [6.45, 7) is -0.186. The highest BCUT2D eigenvalue weighted by molar-refractivity contribution is 5.93. The van der Waals surface area contributed by atoms with Crippen LogP contribution >= 0.6 is 0 Å².